The fourth-order valence-corrected chi connectivity index (χ4v) is 1.43. The second-order valence-electron chi connectivity index (χ2n) is 3.40. The van der Waals surface area contributed by atoms with Crippen molar-refractivity contribution in [3.63, 3.8) is 0 Å². The maximum atomic E-state index is 4.76. The largest absolute Gasteiger partial charge is 0.341 e. The van der Waals surface area contributed by atoms with Gasteiger partial charge >= 0.3 is 0 Å². The third kappa shape index (κ3) is 3.62. The molecule has 6 nitrogen and oxygen atoms in total. The molecule has 0 saturated carbocycles. The Bertz CT molecular complexity index is 301. The van der Waals surface area contributed by atoms with Crippen LogP contribution in [0.15, 0.2) is 6.33 Å². The highest BCUT2D eigenvalue weighted by Gasteiger charge is 2.08. The predicted molar refractivity (Wildman–Crippen MR) is 63.3 cm³/mol. The Morgan fingerprint density at radius 3 is 2.50 bits per heavy atom. The monoisotopic (exact) mass is 225 g/mol. The van der Waals surface area contributed by atoms with Gasteiger partial charge in [0.2, 0.25) is 5.95 Å². The molecule has 1 rings (SSSR count). The van der Waals surface area contributed by atoms with E-state index in [0.717, 1.165) is 25.9 Å². The Morgan fingerprint density at radius 1 is 1.25 bits per heavy atom. The lowest BCUT2D eigenvalue weighted by molar-refractivity contribution is 0.267. The highest BCUT2D eigenvalue weighted by atomic mass is 16.6. The number of aromatic nitrogens is 3. The van der Waals surface area contributed by atoms with Gasteiger partial charge in [0.15, 0.2) is 0 Å². The minimum Gasteiger partial charge on any atom is -0.341 e. The molecule has 0 aliphatic carbocycles. The highest BCUT2D eigenvalue weighted by molar-refractivity contribution is 5.34. The van der Waals surface area contributed by atoms with Gasteiger partial charge in [-0.3, -0.25) is 4.84 Å². The normalized spacial score (nSPS) is 10.2. The van der Waals surface area contributed by atoms with E-state index in [0.29, 0.717) is 11.9 Å². The van der Waals surface area contributed by atoms with Crippen molar-refractivity contribution in [1.82, 2.24) is 15.0 Å². The smallest absolute Gasteiger partial charge is 0.251 e. The molecule has 0 fully saturated rings. The van der Waals surface area contributed by atoms with E-state index in [1.54, 1.807) is 0 Å². The van der Waals surface area contributed by atoms with E-state index in [-0.39, 0.29) is 0 Å². The van der Waals surface area contributed by atoms with Crippen LogP contribution in [0.2, 0.25) is 0 Å². The van der Waals surface area contributed by atoms with Gasteiger partial charge in [0.25, 0.3) is 5.95 Å². The topological polar surface area (TPSA) is 63.2 Å². The molecule has 0 amide bonds. The van der Waals surface area contributed by atoms with Gasteiger partial charge in [0, 0.05) is 13.1 Å². The summed E-state index contributed by atoms with van der Waals surface area (Å²) in [6, 6.07) is 0. The van der Waals surface area contributed by atoms with Crippen LogP contribution in [0, 0.1) is 0 Å². The molecule has 0 atom stereocenters. The van der Waals surface area contributed by atoms with Crippen molar-refractivity contribution in [1.29, 1.82) is 0 Å². The number of nitrogens with one attached hydrogen (secondary N) is 1. The van der Waals surface area contributed by atoms with Crippen LogP contribution >= 0.6 is 0 Å². The molecule has 0 spiro atoms. The SMILES string of the molecule is CCCN(CCC)c1ncnc(NOC)n1. The first-order valence-corrected chi connectivity index (χ1v) is 5.54. The maximum absolute atomic E-state index is 4.76. The summed E-state index contributed by atoms with van der Waals surface area (Å²) in [6.45, 7) is 6.17. The summed E-state index contributed by atoms with van der Waals surface area (Å²) in [6.07, 6.45) is 3.62. The summed E-state index contributed by atoms with van der Waals surface area (Å²) < 4.78 is 0. The Balaban J connectivity index is 2.77. The van der Waals surface area contributed by atoms with Gasteiger partial charge in [-0.1, -0.05) is 13.8 Å². The lowest BCUT2D eigenvalue weighted by Gasteiger charge is -2.21. The molecule has 16 heavy (non-hydrogen) atoms. The molecule has 0 aromatic carbocycles. The van der Waals surface area contributed by atoms with Crippen LogP contribution in [-0.4, -0.2) is 35.2 Å². The number of hydrogen-bond acceptors (Lipinski definition) is 6. The second-order valence-corrected chi connectivity index (χ2v) is 3.40. The fraction of sp³-hybridized carbons (Fsp3) is 0.700. The Labute approximate surface area is 96.0 Å². The minimum atomic E-state index is 0.435. The Morgan fingerprint density at radius 2 is 1.94 bits per heavy atom. The van der Waals surface area contributed by atoms with Crippen molar-refractivity contribution in [3.05, 3.63) is 6.33 Å². The van der Waals surface area contributed by atoms with Crippen LogP contribution in [0.1, 0.15) is 26.7 Å². The van der Waals surface area contributed by atoms with Crippen molar-refractivity contribution < 1.29 is 4.84 Å². The molecule has 0 saturated heterocycles. The Kier molecular flexibility index (Phi) is 5.49. The fourth-order valence-electron chi connectivity index (χ4n) is 1.43. The van der Waals surface area contributed by atoms with Crippen molar-refractivity contribution in [3.8, 4) is 0 Å². The first-order valence-electron chi connectivity index (χ1n) is 5.54. The minimum absolute atomic E-state index is 0.435. The van der Waals surface area contributed by atoms with Gasteiger partial charge in [0.1, 0.15) is 6.33 Å². The molecule has 0 bridgehead atoms. The molecule has 1 aromatic rings. The van der Waals surface area contributed by atoms with Crippen molar-refractivity contribution in [2.24, 2.45) is 0 Å². The number of nitrogens with zero attached hydrogens (tertiary/aromatic N) is 4. The summed E-state index contributed by atoms with van der Waals surface area (Å²) >= 11 is 0. The number of anilines is 2. The second kappa shape index (κ2) is 6.95. The van der Waals surface area contributed by atoms with Gasteiger partial charge in [-0.05, 0) is 12.8 Å². The van der Waals surface area contributed by atoms with Gasteiger partial charge in [-0.25, -0.2) is 10.5 Å². The highest BCUT2D eigenvalue weighted by Crippen LogP contribution is 2.09. The molecule has 90 valence electrons. The first-order chi connectivity index (χ1) is 7.81. The molecule has 6 heteroatoms. The van der Waals surface area contributed by atoms with E-state index in [4.69, 9.17) is 4.84 Å². The number of hydrogen-bond donors (Lipinski definition) is 1. The number of rotatable bonds is 7. The van der Waals surface area contributed by atoms with Crippen molar-refractivity contribution in [2.75, 3.05) is 30.6 Å². The summed E-state index contributed by atoms with van der Waals surface area (Å²) in [7, 11) is 1.53. The van der Waals surface area contributed by atoms with E-state index in [1.807, 2.05) is 0 Å². The molecular weight excluding hydrogens is 206 g/mol. The van der Waals surface area contributed by atoms with E-state index in [2.05, 4.69) is 39.2 Å². The van der Waals surface area contributed by atoms with Crippen LogP contribution in [0.5, 0.6) is 0 Å². The van der Waals surface area contributed by atoms with Gasteiger partial charge < -0.3 is 4.90 Å². The summed E-state index contributed by atoms with van der Waals surface area (Å²) in [5, 5.41) is 0. The molecule has 0 aliphatic rings. The summed E-state index contributed by atoms with van der Waals surface area (Å²) in [4.78, 5) is 19.3. The van der Waals surface area contributed by atoms with Crippen LogP contribution in [0.3, 0.4) is 0 Å². The van der Waals surface area contributed by atoms with E-state index in [1.165, 1.54) is 13.4 Å². The standard InChI is InChI=1S/C10H19N5O/c1-4-6-15(7-5-2)10-12-8-11-9(13-10)14-16-3/h8H,4-7H2,1-3H3,(H,11,12,13,14). The van der Waals surface area contributed by atoms with Crippen molar-refractivity contribution >= 4 is 11.9 Å². The molecular formula is C10H19N5O. The molecule has 0 aliphatic heterocycles. The third-order valence-corrected chi connectivity index (χ3v) is 2.02. The van der Waals surface area contributed by atoms with Crippen LogP contribution in [-0.2, 0) is 4.84 Å². The third-order valence-electron chi connectivity index (χ3n) is 2.02. The van der Waals surface area contributed by atoms with Crippen LogP contribution in [0.4, 0.5) is 11.9 Å². The quantitative estimate of drug-likeness (QED) is 0.709. The van der Waals surface area contributed by atoms with E-state index >= 15 is 0 Å². The van der Waals surface area contributed by atoms with E-state index in [9.17, 15) is 0 Å². The zero-order chi connectivity index (χ0) is 11.8. The summed E-state index contributed by atoms with van der Waals surface area (Å²) in [5.41, 5.74) is 2.60. The predicted octanol–water partition coefficient (Wildman–Crippen LogP) is 1.47. The molecule has 1 N–H and O–H groups in total. The summed E-state index contributed by atoms with van der Waals surface area (Å²) in [5.74, 6) is 1.13. The zero-order valence-electron chi connectivity index (χ0n) is 10.1. The first kappa shape index (κ1) is 12.6. The average molecular weight is 225 g/mol. The zero-order valence-corrected chi connectivity index (χ0v) is 10.1. The lowest BCUT2D eigenvalue weighted by Crippen LogP contribution is -2.27. The molecule has 0 unspecified atom stereocenters. The van der Waals surface area contributed by atoms with Gasteiger partial charge in [-0.15, -0.1) is 0 Å². The van der Waals surface area contributed by atoms with Crippen LogP contribution in [0.25, 0.3) is 0 Å². The average Bonchev–Trinajstić information content (AvgIpc) is 2.30. The molecule has 1 heterocycles. The van der Waals surface area contributed by atoms with Crippen LogP contribution < -0.4 is 10.4 Å². The van der Waals surface area contributed by atoms with E-state index < -0.39 is 0 Å². The van der Waals surface area contributed by atoms with Crippen molar-refractivity contribution in [2.45, 2.75) is 26.7 Å². The van der Waals surface area contributed by atoms with Gasteiger partial charge in [0.05, 0.1) is 7.11 Å². The molecule has 0 radical (unpaired) electrons. The molecule has 1 aromatic heterocycles. The maximum Gasteiger partial charge on any atom is 0.251 e. The Hall–Kier alpha value is -1.43. The van der Waals surface area contributed by atoms with Gasteiger partial charge in [-0.2, -0.15) is 9.97 Å². The lowest BCUT2D eigenvalue weighted by atomic mass is 10.4.